The van der Waals surface area contributed by atoms with Crippen molar-refractivity contribution in [2.24, 2.45) is 0 Å². The third-order valence-corrected chi connectivity index (χ3v) is 7.70. The minimum atomic E-state index is -0.237. The predicted molar refractivity (Wildman–Crippen MR) is 138 cm³/mol. The summed E-state index contributed by atoms with van der Waals surface area (Å²) in [6.45, 7) is 0.947. The highest BCUT2D eigenvalue weighted by atomic mass is 79.9. The van der Waals surface area contributed by atoms with Crippen molar-refractivity contribution in [2.75, 3.05) is 17.4 Å². The van der Waals surface area contributed by atoms with E-state index in [0.29, 0.717) is 24.7 Å². The quantitative estimate of drug-likeness (QED) is 0.389. The topological polar surface area (TPSA) is 56.6 Å². The molecule has 0 bridgehead atoms. The SMILES string of the molecule is N#CC1=C2SCN(c3ccc(Br)cc3)CN2C(=O)CC1c1ccc(OCc2ccccc2)cc1. The number of nitriles is 1. The number of carbonyl (C=O) groups is 1. The molecule has 5 nitrogen and oxygen atoms in total. The highest BCUT2D eigenvalue weighted by Gasteiger charge is 2.38. The van der Waals surface area contributed by atoms with E-state index in [1.54, 1.807) is 16.7 Å². The number of hydrogen-bond donors (Lipinski definition) is 0. The van der Waals surface area contributed by atoms with Crippen LogP contribution in [0, 0.1) is 11.3 Å². The molecule has 170 valence electrons. The Bertz CT molecular complexity index is 1250. The fourth-order valence-corrected chi connectivity index (χ4v) is 5.63. The highest BCUT2D eigenvalue weighted by Crippen LogP contribution is 2.43. The first-order valence-electron chi connectivity index (χ1n) is 11.0. The van der Waals surface area contributed by atoms with Crippen LogP contribution in [0.3, 0.4) is 0 Å². The van der Waals surface area contributed by atoms with Crippen molar-refractivity contribution < 1.29 is 9.53 Å². The van der Waals surface area contributed by atoms with Crippen LogP contribution in [0.25, 0.3) is 0 Å². The summed E-state index contributed by atoms with van der Waals surface area (Å²) in [5, 5.41) is 10.8. The average Bonchev–Trinajstić information content (AvgIpc) is 2.89. The number of benzene rings is 3. The minimum absolute atomic E-state index is 0.0396. The summed E-state index contributed by atoms with van der Waals surface area (Å²) in [5.74, 6) is 1.25. The van der Waals surface area contributed by atoms with Crippen molar-refractivity contribution >= 4 is 39.3 Å². The molecule has 0 N–H and O–H groups in total. The molecule has 1 amide bonds. The van der Waals surface area contributed by atoms with Crippen molar-refractivity contribution in [3.05, 3.63) is 105 Å². The maximum atomic E-state index is 13.1. The fourth-order valence-electron chi connectivity index (χ4n) is 4.20. The maximum Gasteiger partial charge on any atom is 0.229 e. The number of allylic oxidation sites excluding steroid dienone is 1. The van der Waals surface area contributed by atoms with Gasteiger partial charge in [0.05, 0.1) is 29.2 Å². The Morgan fingerprint density at radius 2 is 1.76 bits per heavy atom. The zero-order valence-corrected chi connectivity index (χ0v) is 20.8. The number of thioether (sulfide) groups is 1. The molecule has 1 unspecified atom stereocenters. The van der Waals surface area contributed by atoms with Crippen LogP contribution >= 0.6 is 27.7 Å². The van der Waals surface area contributed by atoms with Crippen molar-refractivity contribution in [2.45, 2.75) is 18.9 Å². The second-order valence-electron chi connectivity index (χ2n) is 8.18. The van der Waals surface area contributed by atoms with Gasteiger partial charge in [-0.3, -0.25) is 9.69 Å². The van der Waals surface area contributed by atoms with Gasteiger partial charge in [-0.1, -0.05) is 70.2 Å². The molecule has 7 heteroatoms. The molecular weight excluding hydrogens is 510 g/mol. The lowest BCUT2D eigenvalue weighted by Crippen LogP contribution is -2.47. The van der Waals surface area contributed by atoms with Gasteiger partial charge in [0, 0.05) is 22.5 Å². The summed E-state index contributed by atoms with van der Waals surface area (Å²) < 4.78 is 6.91. The largest absolute Gasteiger partial charge is 0.489 e. The van der Waals surface area contributed by atoms with E-state index in [1.165, 1.54) is 0 Å². The lowest BCUT2D eigenvalue weighted by atomic mass is 9.86. The van der Waals surface area contributed by atoms with Crippen LogP contribution in [0.4, 0.5) is 5.69 Å². The van der Waals surface area contributed by atoms with Crippen LogP contribution in [-0.2, 0) is 11.4 Å². The molecule has 34 heavy (non-hydrogen) atoms. The first-order chi connectivity index (χ1) is 16.6. The molecule has 3 aromatic carbocycles. The van der Waals surface area contributed by atoms with Gasteiger partial charge >= 0.3 is 0 Å². The maximum absolute atomic E-state index is 13.1. The normalized spacial score (nSPS) is 17.9. The van der Waals surface area contributed by atoms with Crippen LogP contribution in [0.1, 0.15) is 23.5 Å². The third kappa shape index (κ3) is 4.70. The Morgan fingerprint density at radius 3 is 2.47 bits per heavy atom. The lowest BCUT2D eigenvalue weighted by molar-refractivity contribution is -0.129. The third-order valence-electron chi connectivity index (χ3n) is 6.02. The molecule has 2 heterocycles. The Kier molecular flexibility index (Phi) is 6.61. The van der Waals surface area contributed by atoms with Crippen LogP contribution < -0.4 is 9.64 Å². The number of nitrogens with zero attached hydrogens (tertiary/aromatic N) is 3. The van der Waals surface area contributed by atoms with E-state index >= 15 is 0 Å². The molecule has 2 aliphatic rings. The number of ether oxygens (including phenoxy) is 1. The van der Waals surface area contributed by atoms with Gasteiger partial charge in [-0.05, 0) is 47.5 Å². The molecule has 0 aliphatic carbocycles. The molecule has 0 spiro atoms. The van der Waals surface area contributed by atoms with Gasteiger partial charge in [0.15, 0.2) is 0 Å². The van der Waals surface area contributed by atoms with Crippen molar-refractivity contribution in [3.63, 3.8) is 0 Å². The summed E-state index contributed by atoms with van der Waals surface area (Å²) in [6.07, 6.45) is 0.283. The van der Waals surface area contributed by atoms with Gasteiger partial charge in [-0.15, -0.1) is 0 Å². The van der Waals surface area contributed by atoms with Crippen LogP contribution in [-0.4, -0.2) is 23.4 Å². The number of anilines is 1. The summed E-state index contributed by atoms with van der Waals surface area (Å²) in [4.78, 5) is 17.0. The number of halogens is 1. The second kappa shape index (κ2) is 9.96. The zero-order chi connectivity index (χ0) is 23.5. The van der Waals surface area contributed by atoms with Gasteiger partial charge < -0.3 is 9.64 Å². The predicted octanol–water partition coefficient (Wildman–Crippen LogP) is 6.25. The smallest absolute Gasteiger partial charge is 0.229 e. The average molecular weight is 532 g/mol. The molecule has 0 aromatic heterocycles. The first kappa shape index (κ1) is 22.6. The van der Waals surface area contributed by atoms with Crippen LogP contribution in [0.2, 0.25) is 0 Å². The summed E-state index contributed by atoms with van der Waals surface area (Å²) in [7, 11) is 0. The molecule has 5 rings (SSSR count). The summed E-state index contributed by atoms with van der Waals surface area (Å²) in [5.41, 5.74) is 3.78. The van der Waals surface area contributed by atoms with E-state index in [0.717, 1.165) is 32.1 Å². The number of amides is 1. The van der Waals surface area contributed by atoms with Crippen molar-refractivity contribution in [1.29, 1.82) is 5.26 Å². The van der Waals surface area contributed by atoms with Crippen LogP contribution in [0.15, 0.2) is 93.9 Å². The molecule has 1 fully saturated rings. The Labute approximate surface area is 211 Å². The van der Waals surface area contributed by atoms with E-state index in [1.807, 2.05) is 78.9 Å². The number of rotatable bonds is 5. The Morgan fingerprint density at radius 1 is 1.03 bits per heavy atom. The van der Waals surface area contributed by atoms with E-state index in [9.17, 15) is 10.1 Å². The van der Waals surface area contributed by atoms with Gasteiger partial charge in [0.2, 0.25) is 5.91 Å². The summed E-state index contributed by atoms with van der Waals surface area (Å²) in [6, 6.07) is 28.2. The lowest BCUT2D eigenvalue weighted by Gasteiger charge is -2.42. The van der Waals surface area contributed by atoms with E-state index in [2.05, 4.69) is 26.9 Å². The van der Waals surface area contributed by atoms with Crippen molar-refractivity contribution in [3.8, 4) is 11.8 Å². The monoisotopic (exact) mass is 531 g/mol. The molecule has 0 radical (unpaired) electrons. The molecule has 2 aliphatic heterocycles. The Hall–Kier alpha value is -3.21. The molecule has 1 saturated heterocycles. The first-order valence-corrected chi connectivity index (χ1v) is 12.7. The minimum Gasteiger partial charge on any atom is -0.489 e. The van der Waals surface area contributed by atoms with Gasteiger partial charge in [0.25, 0.3) is 0 Å². The number of hydrogen-bond acceptors (Lipinski definition) is 5. The second-order valence-corrected chi connectivity index (χ2v) is 10.0. The highest BCUT2D eigenvalue weighted by molar-refractivity contribution is 9.10. The molecular formula is C27H22BrN3O2S. The fraction of sp³-hybridized carbons (Fsp3) is 0.185. The van der Waals surface area contributed by atoms with Crippen LogP contribution in [0.5, 0.6) is 5.75 Å². The molecule has 0 saturated carbocycles. The Balaban J connectivity index is 1.33. The van der Waals surface area contributed by atoms with E-state index in [4.69, 9.17) is 4.74 Å². The van der Waals surface area contributed by atoms with E-state index < -0.39 is 0 Å². The molecule has 1 atom stereocenters. The standard InChI is InChI=1S/C27H22BrN3O2S/c28-21-8-10-22(11-9-21)30-17-31-26(32)14-24(25(15-29)27(31)34-18-30)20-6-12-23(13-7-20)33-16-19-4-2-1-3-5-19/h1-13,24H,14,16-18H2. The van der Waals surface area contributed by atoms with Gasteiger partial charge in [-0.25, -0.2) is 0 Å². The summed E-state index contributed by atoms with van der Waals surface area (Å²) >= 11 is 5.01. The van der Waals surface area contributed by atoms with E-state index in [-0.39, 0.29) is 18.2 Å². The zero-order valence-electron chi connectivity index (χ0n) is 18.4. The molecule has 3 aromatic rings. The number of carbonyl (C=O) groups excluding carboxylic acids is 1. The van der Waals surface area contributed by atoms with Gasteiger partial charge in [0.1, 0.15) is 12.4 Å². The number of fused-ring (bicyclic) bond motifs is 1. The van der Waals surface area contributed by atoms with Gasteiger partial charge in [-0.2, -0.15) is 5.26 Å². The van der Waals surface area contributed by atoms with Crippen molar-refractivity contribution in [1.82, 2.24) is 4.90 Å².